The summed E-state index contributed by atoms with van der Waals surface area (Å²) in [6.45, 7) is 2.07. The van der Waals surface area contributed by atoms with Gasteiger partial charge in [0.15, 0.2) is 10.8 Å². The van der Waals surface area contributed by atoms with Gasteiger partial charge in [0.2, 0.25) is 11.7 Å². The van der Waals surface area contributed by atoms with Crippen molar-refractivity contribution < 1.29 is 8.91 Å². The number of aromatic nitrogens is 5. The number of benzene rings is 2. The first-order valence-corrected chi connectivity index (χ1v) is 9.62. The Labute approximate surface area is 163 Å². The lowest BCUT2D eigenvalue weighted by Gasteiger charge is -2.06. The van der Waals surface area contributed by atoms with Crippen molar-refractivity contribution in [1.82, 2.24) is 24.7 Å². The molecule has 0 saturated heterocycles. The van der Waals surface area contributed by atoms with Crippen LogP contribution in [0.5, 0.6) is 0 Å². The molecule has 3 heterocycles. The van der Waals surface area contributed by atoms with Gasteiger partial charge in [0.25, 0.3) is 0 Å². The van der Waals surface area contributed by atoms with Crippen molar-refractivity contribution in [1.29, 1.82) is 0 Å². The topological polar surface area (TPSA) is 69.1 Å². The van der Waals surface area contributed by atoms with E-state index in [2.05, 4.69) is 39.4 Å². The standard InChI is InChI=1S/C20H14FN5OS/c1-12-10-17-23-24-20(26(17)16-5-3-2-4-15(12)16)28-11-18-22-19(25-27-18)13-6-8-14(21)9-7-13/h2-10H,11H2,1H3. The van der Waals surface area contributed by atoms with E-state index in [4.69, 9.17) is 4.52 Å². The van der Waals surface area contributed by atoms with Crippen LogP contribution >= 0.6 is 11.8 Å². The van der Waals surface area contributed by atoms with E-state index in [1.807, 2.05) is 22.6 Å². The number of halogens is 1. The zero-order chi connectivity index (χ0) is 19.1. The zero-order valence-electron chi connectivity index (χ0n) is 14.8. The number of hydrogen-bond acceptors (Lipinski definition) is 6. The van der Waals surface area contributed by atoms with E-state index >= 15 is 0 Å². The third-order valence-corrected chi connectivity index (χ3v) is 5.38. The molecule has 0 N–H and O–H groups in total. The lowest BCUT2D eigenvalue weighted by molar-refractivity contribution is 0.391. The Hall–Kier alpha value is -3.26. The number of pyridine rings is 1. The number of hydrogen-bond donors (Lipinski definition) is 0. The average molecular weight is 391 g/mol. The Morgan fingerprint density at radius 2 is 1.89 bits per heavy atom. The molecule has 28 heavy (non-hydrogen) atoms. The fraction of sp³-hybridized carbons (Fsp3) is 0.100. The Kier molecular flexibility index (Phi) is 4.05. The predicted molar refractivity (Wildman–Crippen MR) is 104 cm³/mol. The highest BCUT2D eigenvalue weighted by atomic mass is 32.2. The molecule has 3 aromatic heterocycles. The van der Waals surface area contributed by atoms with Gasteiger partial charge >= 0.3 is 0 Å². The molecule has 0 saturated carbocycles. The maximum absolute atomic E-state index is 13.1. The molecule has 0 amide bonds. The van der Waals surface area contributed by atoms with Crippen LogP contribution in [-0.2, 0) is 5.75 Å². The smallest absolute Gasteiger partial charge is 0.237 e. The minimum absolute atomic E-state index is 0.302. The van der Waals surface area contributed by atoms with Gasteiger partial charge in [0.1, 0.15) is 5.82 Å². The lowest BCUT2D eigenvalue weighted by Crippen LogP contribution is -1.93. The quantitative estimate of drug-likeness (QED) is 0.415. The summed E-state index contributed by atoms with van der Waals surface area (Å²) in [6, 6.07) is 16.2. The second kappa shape index (κ2) is 6.72. The number of aryl methyl sites for hydroxylation is 1. The molecule has 0 aliphatic rings. The van der Waals surface area contributed by atoms with Gasteiger partial charge in [-0.3, -0.25) is 4.40 Å². The first kappa shape index (κ1) is 16.9. The molecule has 5 rings (SSSR count). The molecule has 0 radical (unpaired) electrons. The number of thioether (sulfide) groups is 1. The summed E-state index contributed by atoms with van der Waals surface area (Å²) in [5.41, 5.74) is 3.72. The van der Waals surface area contributed by atoms with E-state index in [-0.39, 0.29) is 5.82 Å². The van der Waals surface area contributed by atoms with Crippen LogP contribution in [0, 0.1) is 12.7 Å². The minimum Gasteiger partial charge on any atom is -0.338 e. The first-order chi connectivity index (χ1) is 13.7. The summed E-state index contributed by atoms with van der Waals surface area (Å²) >= 11 is 1.47. The van der Waals surface area contributed by atoms with E-state index in [0.717, 1.165) is 27.3 Å². The van der Waals surface area contributed by atoms with E-state index in [0.29, 0.717) is 23.0 Å². The monoisotopic (exact) mass is 391 g/mol. The van der Waals surface area contributed by atoms with Gasteiger partial charge in [-0.15, -0.1) is 10.2 Å². The van der Waals surface area contributed by atoms with Gasteiger partial charge in [-0.2, -0.15) is 4.98 Å². The highest BCUT2D eigenvalue weighted by Crippen LogP contribution is 2.27. The third kappa shape index (κ3) is 2.91. The van der Waals surface area contributed by atoms with Crippen molar-refractivity contribution in [3.8, 4) is 11.4 Å². The van der Waals surface area contributed by atoms with Crippen molar-refractivity contribution >= 4 is 28.3 Å². The zero-order valence-corrected chi connectivity index (χ0v) is 15.7. The van der Waals surface area contributed by atoms with Gasteiger partial charge in [0.05, 0.1) is 11.3 Å². The highest BCUT2D eigenvalue weighted by molar-refractivity contribution is 7.98. The van der Waals surface area contributed by atoms with Crippen molar-refractivity contribution in [3.63, 3.8) is 0 Å². The third-order valence-electron chi connectivity index (χ3n) is 4.47. The van der Waals surface area contributed by atoms with Crippen LogP contribution in [0.4, 0.5) is 4.39 Å². The molecule has 0 fully saturated rings. The second-order valence-corrected chi connectivity index (χ2v) is 7.27. The summed E-state index contributed by atoms with van der Waals surface area (Å²) in [5.74, 6) is 1.06. The molecule has 0 bridgehead atoms. The minimum atomic E-state index is -0.302. The molecule has 8 heteroatoms. The summed E-state index contributed by atoms with van der Waals surface area (Å²) in [6.07, 6.45) is 0. The Bertz CT molecular complexity index is 1300. The van der Waals surface area contributed by atoms with Crippen LogP contribution < -0.4 is 0 Å². The number of para-hydroxylation sites is 1. The van der Waals surface area contributed by atoms with Crippen LogP contribution in [0.2, 0.25) is 0 Å². The fourth-order valence-electron chi connectivity index (χ4n) is 3.12. The van der Waals surface area contributed by atoms with Crippen LogP contribution in [0.1, 0.15) is 11.5 Å². The molecule has 138 valence electrons. The number of nitrogens with zero attached hydrogens (tertiary/aromatic N) is 5. The molecule has 5 aromatic rings. The summed E-state index contributed by atoms with van der Waals surface area (Å²) in [5, 5.41) is 14.5. The fourth-order valence-corrected chi connectivity index (χ4v) is 3.91. The molecule has 0 spiro atoms. The van der Waals surface area contributed by atoms with Gasteiger partial charge in [0, 0.05) is 10.9 Å². The predicted octanol–water partition coefficient (Wildman–Crippen LogP) is 4.67. The van der Waals surface area contributed by atoms with Gasteiger partial charge in [-0.25, -0.2) is 4.39 Å². The van der Waals surface area contributed by atoms with Gasteiger partial charge in [-0.05, 0) is 48.9 Å². The largest absolute Gasteiger partial charge is 0.338 e. The molecule has 2 aromatic carbocycles. The maximum atomic E-state index is 13.1. The molecule has 6 nitrogen and oxygen atoms in total. The Morgan fingerprint density at radius 3 is 2.75 bits per heavy atom. The SMILES string of the molecule is Cc1cc2nnc(SCc3nc(-c4ccc(F)cc4)no3)n2c2ccccc12. The van der Waals surface area contributed by atoms with Gasteiger partial charge < -0.3 is 4.52 Å². The van der Waals surface area contributed by atoms with Crippen LogP contribution in [0.25, 0.3) is 27.9 Å². The summed E-state index contributed by atoms with van der Waals surface area (Å²) < 4.78 is 20.4. The molecular weight excluding hydrogens is 377 g/mol. The molecule has 0 aliphatic carbocycles. The van der Waals surface area contributed by atoms with Crippen molar-refractivity contribution in [2.24, 2.45) is 0 Å². The van der Waals surface area contributed by atoms with Crippen molar-refractivity contribution in [2.45, 2.75) is 17.8 Å². The first-order valence-electron chi connectivity index (χ1n) is 8.64. The maximum Gasteiger partial charge on any atom is 0.237 e. The number of fused-ring (bicyclic) bond motifs is 3. The van der Waals surface area contributed by atoms with E-state index in [9.17, 15) is 4.39 Å². The lowest BCUT2D eigenvalue weighted by atomic mass is 10.1. The molecular formula is C20H14FN5OS. The Balaban J connectivity index is 1.44. The van der Waals surface area contributed by atoms with Crippen LogP contribution in [0.3, 0.4) is 0 Å². The van der Waals surface area contributed by atoms with Crippen LogP contribution in [0.15, 0.2) is 64.3 Å². The van der Waals surface area contributed by atoms with Crippen molar-refractivity contribution in [2.75, 3.05) is 0 Å². The van der Waals surface area contributed by atoms with E-state index < -0.39 is 0 Å². The second-order valence-electron chi connectivity index (χ2n) is 6.33. The molecule has 0 aliphatic heterocycles. The Morgan fingerprint density at radius 1 is 1.07 bits per heavy atom. The highest BCUT2D eigenvalue weighted by Gasteiger charge is 2.14. The van der Waals surface area contributed by atoms with E-state index in [1.54, 1.807) is 12.1 Å². The van der Waals surface area contributed by atoms with Gasteiger partial charge in [-0.1, -0.05) is 35.1 Å². The molecule has 0 unspecified atom stereocenters. The number of rotatable bonds is 4. The average Bonchev–Trinajstić information content (AvgIpc) is 3.34. The van der Waals surface area contributed by atoms with Crippen LogP contribution in [-0.4, -0.2) is 24.7 Å². The normalized spacial score (nSPS) is 11.5. The van der Waals surface area contributed by atoms with E-state index in [1.165, 1.54) is 23.9 Å². The molecule has 0 atom stereocenters. The summed E-state index contributed by atoms with van der Waals surface area (Å²) in [7, 11) is 0. The summed E-state index contributed by atoms with van der Waals surface area (Å²) in [4.78, 5) is 4.39. The van der Waals surface area contributed by atoms with Crippen molar-refractivity contribution in [3.05, 3.63) is 71.9 Å².